The maximum absolute atomic E-state index is 14.0. The number of H-pyrrole nitrogens is 1. The van der Waals surface area contributed by atoms with Crippen LogP contribution >= 0.6 is 0 Å². The van der Waals surface area contributed by atoms with Gasteiger partial charge in [-0.2, -0.15) is 0 Å². The van der Waals surface area contributed by atoms with Crippen molar-refractivity contribution in [1.29, 1.82) is 0 Å². The maximum Gasteiger partial charge on any atom is 0.182 e. The minimum absolute atomic E-state index is 0.119. The molecule has 5 heteroatoms. The number of hydrogen-bond acceptors (Lipinski definition) is 2. The van der Waals surface area contributed by atoms with Crippen molar-refractivity contribution in [1.82, 2.24) is 9.97 Å². The molecule has 0 atom stereocenters. The molecule has 0 saturated heterocycles. The molecule has 4 rings (SSSR count). The highest BCUT2D eigenvalue weighted by molar-refractivity contribution is 5.90. The van der Waals surface area contributed by atoms with Crippen LogP contribution in [0.3, 0.4) is 0 Å². The van der Waals surface area contributed by atoms with Gasteiger partial charge in [-0.25, -0.2) is 13.8 Å². The zero-order chi connectivity index (χ0) is 15.8. The van der Waals surface area contributed by atoms with E-state index in [1.54, 1.807) is 18.5 Å². The second kappa shape index (κ2) is 5.23. The molecular weight excluding hydrogens is 296 g/mol. The van der Waals surface area contributed by atoms with E-state index in [-0.39, 0.29) is 5.69 Å². The summed E-state index contributed by atoms with van der Waals surface area (Å²) in [6.45, 7) is 0. The van der Waals surface area contributed by atoms with Gasteiger partial charge < -0.3 is 10.3 Å². The normalized spacial score (nSPS) is 12.5. The van der Waals surface area contributed by atoms with Crippen molar-refractivity contribution in [2.75, 3.05) is 5.32 Å². The molecule has 112 valence electrons. The molecule has 2 aromatic carbocycles. The number of imidazole rings is 1. The van der Waals surface area contributed by atoms with Crippen LogP contribution in [0.1, 0.15) is 11.1 Å². The molecule has 0 bridgehead atoms. The van der Waals surface area contributed by atoms with Gasteiger partial charge in [0, 0.05) is 29.1 Å². The predicted octanol–water partition coefficient (Wildman–Crippen LogP) is 4.43. The van der Waals surface area contributed by atoms with Crippen LogP contribution in [0, 0.1) is 11.6 Å². The number of anilines is 1. The van der Waals surface area contributed by atoms with Crippen LogP contribution in [0.15, 0.2) is 54.5 Å². The van der Waals surface area contributed by atoms with Crippen molar-refractivity contribution in [2.24, 2.45) is 0 Å². The molecule has 1 aliphatic heterocycles. The molecule has 0 saturated carbocycles. The van der Waals surface area contributed by atoms with E-state index in [9.17, 15) is 8.78 Å². The van der Waals surface area contributed by atoms with E-state index in [1.807, 2.05) is 24.3 Å². The Morgan fingerprint density at radius 3 is 2.61 bits per heavy atom. The first-order valence-corrected chi connectivity index (χ1v) is 7.05. The highest BCUT2D eigenvalue weighted by Gasteiger charge is 2.18. The summed E-state index contributed by atoms with van der Waals surface area (Å²) in [6.07, 6.45) is 5.03. The lowest BCUT2D eigenvalue weighted by Crippen LogP contribution is -2.07. The summed E-state index contributed by atoms with van der Waals surface area (Å²) in [4.78, 5) is 7.30. The van der Waals surface area contributed by atoms with Gasteiger partial charge in [-0.05, 0) is 18.2 Å². The SMILES string of the molecule is Fc1ccc2c(c1F)NC(c1ccccc1-c1ncc[nH]1)=C=C2. The number of aromatic amines is 1. The van der Waals surface area contributed by atoms with Gasteiger partial charge in [0.25, 0.3) is 0 Å². The van der Waals surface area contributed by atoms with Gasteiger partial charge in [0.2, 0.25) is 0 Å². The number of hydrogen-bond donors (Lipinski definition) is 2. The Hall–Kier alpha value is -3.17. The lowest BCUT2D eigenvalue weighted by Gasteiger charge is -2.18. The third-order valence-electron chi connectivity index (χ3n) is 3.70. The van der Waals surface area contributed by atoms with E-state index in [1.165, 1.54) is 6.07 Å². The fraction of sp³-hybridized carbons (Fsp3) is 0. The predicted molar refractivity (Wildman–Crippen MR) is 85.4 cm³/mol. The third kappa shape index (κ3) is 2.24. The average molecular weight is 307 g/mol. The van der Waals surface area contributed by atoms with E-state index in [0.717, 1.165) is 17.2 Å². The van der Waals surface area contributed by atoms with E-state index >= 15 is 0 Å². The van der Waals surface area contributed by atoms with Crippen molar-refractivity contribution in [3.63, 3.8) is 0 Å². The summed E-state index contributed by atoms with van der Waals surface area (Å²) in [6, 6.07) is 10.2. The minimum Gasteiger partial charge on any atom is -0.346 e. The molecule has 1 aliphatic rings. The Kier molecular flexibility index (Phi) is 3.07. The molecular formula is C18H11F2N3. The largest absolute Gasteiger partial charge is 0.346 e. The maximum atomic E-state index is 14.0. The highest BCUT2D eigenvalue weighted by atomic mass is 19.2. The van der Waals surface area contributed by atoms with Gasteiger partial charge in [0.1, 0.15) is 5.82 Å². The lowest BCUT2D eigenvalue weighted by molar-refractivity contribution is 0.511. The smallest absolute Gasteiger partial charge is 0.182 e. The van der Waals surface area contributed by atoms with Crippen molar-refractivity contribution in [3.05, 3.63) is 77.3 Å². The summed E-state index contributed by atoms with van der Waals surface area (Å²) in [5.41, 5.74) is 5.98. The van der Waals surface area contributed by atoms with Gasteiger partial charge in [0.05, 0.1) is 11.4 Å². The summed E-state index contributed by atoms with van der Waals surface area (Å²) in [5, 5.41) is 2.94. The number of aromatic nitrogens is 2. The first-order valence-electron chi connectivity index (χ1n) is 7.05. The Morgan fingerprint density at radius 2 is 1.83 bits per heavy atom. The molecule has 0 unspecified atom stereocenters. The molecule has 0 aliphatic carbocycles. The molecule has 23 heavy (non-hydrogen) atoms. The summed E-state index contributed by atoms with van der Waals surface area (Å²) < 4.78 is 27.5. The fourth-order valence-electron chi connectivity index (χ4n) is 2.59. The molecule has 3 aromatic rings. The summed E-state index contributed by atoms with van der Waals surface area (Å²) in [7, 11) is 0. The van der Waals surface area contributed by atoms with E-state index in [2.05, 4.69) is 21.0 Å². The van der Waals surface area contributed by atoms with Crippen molar-refractivity contribution in [3.8, 4) is 11.4 Å². The fourth-order valence-corrected chi connectivity index (χ4v) is 2.59. The first kappa shape index (κ1) is 13.5. The first-order chi connectivity index (χ1) is 11.2. The molecule has 2 N–H and O–H groups in total. The zero-order valence-electron chi connectivity index (χ0n) is 11.9. The van der Waals surface area contributed by atoms with E-state index in [0.29, 0.717) is 17.1 Å². The summed E-state index contributed by atoms with van der Waals surface area (Å²) in [5.74, 6) is -1.08. The minimum atomic E-state index is -0.895. The Morgan fingerprint density at radius 1 is 1.00 bits per heavy atom. The van der Waals surface area contributed by atoms with Crippen molar-refractivity contribution in [2.45, 2.75) is 0 Å². The molecule has 2 heterocycles. The number of fused-ring (bicyclic) bond motifs is 1. The molecule has 1 aromatic heterocycles. The molecule has 0 spiro atoms. The van der Waals surface area contributed by atoms with Crippen molar-refractivity contribution >= 4 is 17.5 Å². The van der Waals surface area contributed by atoms with Crippen LogP contribution in [0.2, 0.25) is 0 Å². The zero-order valence-corrected chi connectivity index (χ0v) is 11.9. The second-order valence-corrected chi connectivity index (χ2v) is 5.10. The van der Waals surface area contributed by atoms with Gasteiger partial charge in [-0.1, -0.05) is 30.0 Å². The number of rotatable bonds is 2. The quantitative estimate of drug-likeness (QED) is 0.687. The monoisotopic (exact) mass is 307 g/mol. The van der Waals surface area contributed by atoms with Gasteiger partial charge >= 0.3 is 0 Å². The standard InChI is InChI=1S/C18H11F2N3/c19-14-7-5-11-6-8-15(23-17(11)16(14)20)12-3-1-2-4-13(12)18-21-9-10-22-18/h1-7,9-10,23H,(H,21,22). The van der Waals surface area contributed by atoms with Crippen LogP contribution in [0.5, 0.6) is 0 Å². The van der Waals surface area contributed by atoms with Crippen LogP contribution < -0.4 is 5.32 Å². The molecule has 0 amide bonds. The Balaban J connectivity index is 1.85. The highest BCUT2D eigenvalue weighted by Crippen LogP contribution is 2.33. The summed E-state index contributed by atoms with van der Waals surface area (Å²) >= 11 is 0. The van der Waals surface area contributed by atoms with Crippen LogP contribution in [-0.2, 0) is 0 Å². The van der Waals surface area contributed by atoms with Crippen molar-refractivity contribution < 1.29 is 8.78 Å². The molecule has 0 radical (unpaired) electrons. The number of nitrogens with one attached hydrogen (secondary N) is 2. The van der Waals surface area contributed by atoms with E-state index in [4.69, 9.17) is 0 Å². The number of halogens is 2. The molecule has 0 fully saturated rings. The average Bonchev–Trinajstić information content (AvgIpc) is 3.12. The van der Waals surface area contributed by atoms with Crippen LogP contribution in [-0.4, -0.2) is 9.97 Å². The lowest BCUT2D eigenvalue weighted by atomic mass is 10.0. The van der Waals surface area contributed by atoms with E-state index < -0.39 is 11.6 Å². The van der Waals surface area contributed by atoms with Gasteiger partial charge in [-0.3, -0.25) is 0 Å². The third-order valence-corrected chi connectivity index (χ3v) is 3.70. The second-order valence-electron chi connectivity index (χ2n) is 5.10. The topological polar surface area (TPSA) is 40.7 Å². The molecule has 3 nitrogen and oxygen atoms in total. The Labute approximate surface area is 131 Å². The van der Waals surface area contributed by atoms with Crippen LogP contribution in [0.25, 0.3) is 23.2 Å². The van der Waals surface area contributed by atoms with Gasteiger partial charge in [-0.15, -0.1) is 0 Å². The number of nitrogens with zero attached hydrogens (tertiary/aromatic N) is 1. The Bertz CT molecular complexity index is 952. The van der Waals surface area contributed by atoms with Gasteiger partial charge in [0.15, 0.2) is 11.6 Å². The number of benzene rings is 2. The van der Waals surface area contributed by atoms with Crippen LogP contribution in [0.4, 0.5) is 14.5 Å².